The minimum atomic E-state index is -0.352. The maximum absolute atomic E-state index is 10.8. The molecule has 0 saturated carbocycles. The van der Waals surface area contributed by atoms with Crippen molar-refractivity contribution in [2.45, 2.75) is 6.92 Å². The number of hydrogen-bond acceptors (Lipinski definition) is 2. The Labute approximate surface area is 106 Å². The van der Waals surface area contributed by atoms with E-state index in [0.717, 1.165) is 11.1 Å². The van der Waals surface area contributed by atoms with Crippen LogP contribution in [0.3, 0.4) is 0 Å². The number of hydrogen-bond donors (Lipinski definition) is 0. The average Bonchev–Trinajstić information content (AvgIpc) is 2.38. The van der Waals surface area contributed by atoms with Gasteiger partial charge in [-0.15, -0.1) is 0 Å². The van der Waals surface area contributed by atoms with Gasteiger partial charge in [0.1, 0.15) is 0 Å². The Kier molecular flexibility index (Phi) is 3.53. The molecule has 0 aliphatic carbocycles. The highest BCUT2D eigenvalue weighted by Crippen LogP contribution is 2.20. The van der Waals surface area contributed by atoms with Crippen LogP contribution in [0.25, 0.3) is 12.2 Å². The fraction of sp³-hybridized carbons (Fsp3) is 0.0667. The quantitative estimate of drug-likeness (QED) is 0.460. The van der Waals surface area contributed by atoms with E-state index in [1.54, 1.807) is 19.1 Å². The molecule has 90 valence electrons. The molecule has 0 aliphatic heterocycles. The van der Waals surface area contributed by atoms with Crippen molar-refractivity contribution in [1.82, 2.24) is 0 Å². The van der Waals surface area contributed by atoms with Gasteiger partial charge in [0.15, 0.2) is 0 Å². The fourth-order valence-electron chi connectivity index (χ4n) is 1.68. The monoisotopic (exact) mass is 239 g/mol. The molecule has 0 spiro atoms. The highest BCUT2D eigenvalue weighted by molar-refractivity contribution is 5.70. The minimum absolute atomic E-state index is 0.158. The smallest absolute Gasteiger partial charge is 0.258 e. The van der Waals surface area contributed by atoms with E-state index < -0.39 is 0 Å². The molecule has 2 rings (SSSR count). The van der Waals surface area contributed by atoms with E-state index in [2.05, 4.69) is 0 Å². The fourth-order valence-corrected chi connectivity index (χ4v) is 1.68. The lowest BCUT2D eigenvalue weighted by Gasteiger charge is -1.98. The van der Waals surface area contributed by atoms with Crippen LogP contribution in [0.5, 0.6) is 0 Å². The van der Waals surface area contributed by atoms with Crippen molar-refractivity contribution in [3.05, 3.63) is 75.3 Å². The molecule has 0 fully saturated rings. The van der Waals surface area contributed by atoms with Gasteiger partial charge in [-0.1, -0.05) is 54.6 Å². The molecule has 3 nitrogen and oxygen atoms in total. The van der Waals surface area contributed by atoms with Crippen LogP contribution in [0, 0.1) is 17.0 Å². The summed E-state index contributed by atoms with van der Waals surface area (Å²) in [5.74, 6) is 0. The molecule has 0 N–H and O–H groups in total. The average molecular weight is 239 g/mol. The molecular formula is C15H13NO2. The third-order valence-electron chi connectivity index (χ3n) is 2.70. The molecule has 0 heterocycles. The lowest BCUT2D eigenvalue weighted by Crippen LogP contribution is -1.91. The number of rotatable bonds is 3. The third-order valence-corrected chi connectivity index (χ3v) is 2.70. The number of nitrogens with zero attached hydrogens (tertiary/aromatic N) is 1. The highest BCUT2D eigenvalue weighted by Gasteiger charge is 2.09. The van der Waals surface area contributed by atoms with Crippen LogP contribution in [0.2, 0.25) is 0 Å². The summed E-state index contributed by atoms with van der Waals surface area (Å²) in [5, 5.41) is 10.8. The Bertz CT molecular complexity index is 589. The minimum Gasteiger partial charge on any atom is -0.258 e. The van der Waals surface area contributed by atoms with Gasteiger partial charge in [0.25, 0.3) is 5.69 Å². The first-order valence-corrected chi connectivity index (χ1v) is 5.65. The van der Waals surface area contributed by atoms with Gasteiger partial charge in [-0.2, -0.15) is 0 Å². The summed E-state index contributed by atoms with van der Waals surface area (Å²) in [7, 11) is 0. The normalized spacial score (nSPS) is 10.7. The Balaban J connectivity index is 2.28. The van der Waals surface area contributed by atoms with Crippen molar-refractivity contribution in [1.29, 1.82) is 0 Å². The van der Waals surface area contributed by atoms with E-state index in [1.165, 1.54) is 0 Å². The molecule has 2 aromatic carbocycles. The summed E-state index contributed by atoms with van der Waals surface area (Å²) >= 11 is 0. The molecule has 0 atom stereocenters. The second kappa shape index (κ2) is 5.27. The molecule has 0 saturated heterocycles. The summed E-state index contributed by atoms with van der Waals surface area (Å²) in [4.78, 5) is 10.5. The van der Waals surface area contributed by atoms with Crippen molar-refractivity contribution in [2.75, 3.05) is 0 Å². The first-order chi connectivity index (χ1) is 8.66. The van der Waals surface area contributed by atoms with Gasteiger partial charge in [-0.3, -0.25) is 10.1 Å². The predicted molar refractivity (Wildman–Crippen MR) is 73.2 cm³/mol. The lowest BCUT2D eigenvalue weighted by atomic mass is 10.1. The molecule has 3 heteroatoms. The second-order valence-corrected chi connectivity index (χ2v) is 4.05. The first-order valence-electron chi connectivity index (χ1n) is 5.65. The summed E-state index contributed by atoms with van der Waals surface area (Å²) in [6, 6.07) is 15.1. The Morgan fingerprint density at radius 2 is 1.67 bits per heavy atom. The maximum Gasteiger partial charge on any atom is 0.272 e. The maximum atomic E-state index is 10.8. The van der Waals surface area contributed by atoms with Gasteiger partial charge in [-0.25, -0.2) is 0 Å². The molecule has 0 unspecified atom stereocenters. The number of nitro groups is 1. The second-order valence-electron chi connectivity index (χ2n) is 4.05. The van der Waals surface area contributed by atoms with Crippen LogP contribution in [0.15, 0.2) is 48.5 Å². The van der Waals surface area contributed by atoms with Crippen LogP contribution in [0.4, 0.5) is 5.69 Å². The molecule has 2 aromatic rings. The summed E-state index contributed by atoms with van der Waals surface area (Å²) < 4.78 is 0. The van der Waals surface area contributed by atoms with E-state index in [4.69, 9.17) is 0 Å². The van der Waals surface area contributed by atoms with Crippen molar-refractivity contribution in [3.8, 4) is 0 Å². The van der Waals surface area contributed by atoms with Crippen molar-refractivity contribution < 1.29 is 4.92 Å². The van der Waals surface area contributed by atoms with Gasteiger partial charge in [0.2, 0.25) is 0 Å². The zero-order chi connectivity index (χ0) is 13.0. The van der Waals surface area contributed by atoms with Crippen LogP contribution in [-0.4, -0.2) is 4.92 Å². The first kappa shape index (κ1) is 12.0. The van der Waals surface area contributed by atoms with E-state index in [1.807, 2.05) is 48.6 Å². The van der Waals surface area contributed by atoms with Gasteiger partial charge in [0, 0.05) is 11.6 Å². The summed E-state index contributed by atoms with van der Waals surface area (Å²) in [5.41, 5.74) is 2.74. The van der Waals surface area contributed by atoms with E-state index in [-0.39, 0.29) is 10.6 Å². The van der Waals surface area contributed by atoms with Crippen LogP contribution in [-0.2, 0) is 0 Å². The summed E-state index contributed by atoms with van der Waals surface area (Å²) in [6.45, 7) is 1.74. The van der Waals surface area contributed by atoms with E-state index in [9.17, 15) is 10.1 Å². The lowest BCUT2D eigenvalue weighted by molar-refractivity contribution is -0.385. The van der Waals surface area contributed by atoms with Gasteiger partial charge in [0.05, 0.1) is 4.92 Å². The van der Waals surface area contributed by atoms with Gasteiger partial charge >= 0.3 is 0 Å². The van der Waals surface area contributed by atoms with Crippen LogP contribution in [0.1, 0.15) is 16.7 Å². The number of nitro benzene ring substituents is 1. The Morgan fingerprint density at radius 3 is 2.33 bits per heavy atom. The molecule has 0 bridgehead atoms. The van der Waals surface area contributed by atoms with Crippen LogP contribution >= 0.6 is 0 Å². The molecule has 0 aromatic heterocycles. The SMILES string of the molecule is Cc1ccc(/C=C/c2ccccc2)cc1[N+](=O)[O-]. The van der Waals surface area contributed by atoms with Crippen molar-refractivity contribution >= 4 is 17.8 Å². The van der Waals surface area contributed by atoms with Gasteiger partial charge in [-0.05, 0) is 18.1 Å². The zero-order valence-corrected chi connectivity index (χ0v) is 10.0. The molecular weight excluding hydrogens is 226 g/mol. The highest BCUT2D eigenvalue weighted by atomic mass is 16.6. The zero-order valence-electron chi connectivity index (χ0n) is 10.0. The number of aryl methyl sites for hydroxylation is 1. The van der Waals surface area contributed by atoms with Crippen LogP contribution < -0.4 is 0 Å². The molecule has 18 heavy (non-hydrogen) atoms. The predicted octanol–water partition coefficient (Wildman–Crippen LogP) is 4.07. The Hall–Kier alpha value is -2.42. The van der Waals surface area contributed by atoms with E-state index in [0.29, 0.717) is 5.56 Å². The summed E-state index contributed by atoms with van der Waals surface area (Å²) in [6.07, 6.45) is 3.82. The largest absolute Gasteiger partial charge is 0.272 e. The molecule has 0 radical (unpaired) electrons. The molecule has 0 aliphatic rings. The van der Waals surface area contributed by atoms with E-state index >= 15 is 0 Å². The third kappa shape index (κ3) is 2.83. The number of benzene rings is 2. The van der Waals surface area contributed by atoms with Gasteiger partial charge < -0.3 is 0 Å². The topological polar surface area (TPSA) is 43.1 Å². The molecule has 0 amide bonds. The Morgan fingerprint density at radius 1 is 1.00 bits per heavy atom. The standard InChI is InChI=1S/C15H13NO2/c1-12-7-8-14(11-15(12)16(17)18)10-9-13-5-3-2-4-6-13/h2-11H,1H3/b10-9+. The van der Waals surface area contributed by atoms with Crippen molar-refractivity contribution in [3.63, 3.8) is 0 Å². The van der Waals surface area contributed by atoms with Crippen molar-refractivity contribution in [2.24, 2.45) is 0 Å².